The minimum absolute atomic E-state index is 0.00399. The Morgan fingerprint density at radius 3 is 2.67 bits per heavy atom. The molecule has 13 heteroatoms. The smallest absolute Gasteiger partial charge is 0.303 e. The van der Waals surface area contributed by atoms with Crippen LogP contribution in [0.5, 0.6) is 11.5 Å². The summed E-state index contributed by atoms with van der Waals surface area (Å²) in [7, 11) is -1.90. The van der Waals surface area contributed by atoms with E-state index in [-0.39, 0.29) is 46.9 Å². The van der Waals surface area contributed by atoms with Crippen LogP contribution in [0.2, 0.25) is 0 Å². The number of ether oxygens (including phenoxy) is 1. The summed E-state index contributed by atoms with van der Waals surface area (Å²) in [6.07, 6.45) is 5.03. The Balaban J connectivity index is 1.49. The second kappa shape index (κ2) is 13.0. The molecule has 0 spiro atoms. The number of aromatic nitrogens is 5. The van der Waals surface area contributed by atoms with E-state index in [2.05, 4.69) is 9.97 Å². The molecule has 0 radical (unpaired) electrons. The summed E-state index contributed by atoms with van der Waals surface area (Å²) >= 11 is 0. The van der Waals surface area contributed by atoms with Gasteiger partial charge in [-0.1, -0.05) is 44.5 Å². The van der Waals surface area contributed by atoms with Crippen LogP contribution in [0, 0.1) is 17.0 Å². The number of aromatic amines is 1. The summed E-state index contributed by atoms with van der Waals surface area (Å²) in [6.45, 7) is 5.87. The molecular weight excluding hydrogens is 652 g/mol. The van der Waals surface area contributed by atoms with E-state index in [4.69, 9.17) is 14.8 Å². The second-order valence-corrected chi connectivity index (χ2v) is 16.0. The van der Waals surface area contributed by atoms with Crippen LogP contribution in [0.25, 0.3) is 22.4 Å². The molecule has 4 heterocycles. The third-order valence-electron chi connectivity index (χ3n) is 9.39. The second-order valence-electron chi connectivity index (χ2n) is 13.8. The minimum atomic E-state index is -3.65. The van der Waals surface area contributed by atoms with Gasteiger partial charge in [0.15, 0.2) is 33.1 Å². The Hall–Kier alpha value is -4.65. The molecule has 0 saturated carbocycles. The number of carboxylic acid groups (broad SMARTS) is 1. The maximum Gasteiger partial charge on any atom is 0.303 e. The SMILES string of the molecule is Cn1nc2nc1-c1cc(ccn1)Oc1c(F)c(F)c3[nH]ccc3c1CCS(=O)(=O)CC(C)(C)CCC[C@]2(C)c1cccc(CCC(=O)O)c1. The number of fused-ring (bicyclic) bond motifs is 8. The third kappa shape index (κ3) is 7.08. The van der Waals surface area contributed by atoms with Crippen molar-refractivity contribution in [2.45, 2.75) is 64.7 Å². The van der Waals surface area contributed by atoms with Gasteiger partial charge in [-0.15, -0.1) is 0 Å². The van der Waals surface area contributed by atoms with E-state index < -0.39 is 38.3 Å². The topological polar surface area (TPSA) is 140 Å². The summed E-state index contributed by atoms with van der Waals surface area (Å²) in [4.78, 5) is 23.5. The van der Waals surface area contributed by atoms with Crippen molar-refractivity contribution in [3.8, 4) is 23.0 Å². The summed E-state index contributed by atoms with van der Waals surface area (Å²) < 4.78 is 65.7. The van der Waals surface area contributed by atoms with Gasteiger partial charge in [-0.25, -0.2) is 22.5 Å². The molecule has 0 saturated heterocycles. The van der Waals surface area contributed by atoms with Crippen LogP contribution in [0.3, 0.4) is 0 Å². The number of nitrogens with one attached hydrogen (secondary N) is 1. The number of sulfone groups is 1. The molecule has 1 atom stereocenters. The number of hydrogen-bond acceptors (Lipinski definition) is 7. The highest BCUT2D eigenvalue weighted by atomic mass is 32.2. The number of rotatable bonds is 4. The van der Waals surface area contributed by atoms with Gasteiger partial charge in [0, 0.05) is 42.9 Å². The highest BCUT2D eigenvalue weighted by molar-refractivity contribution is 7.91. The summed E-state index contributed by atoms with van der Waals surface area (Å²) in [5.74, 6) is -2.90. The van der Waals surface area contributed by atoms with E-state index in [1.807, 2.05) is 45.0 Å². The fourth-order valence-electron chi connectivity index (χ4n) is 6.80. The van der Waals surface area contributed by atoms with E-state index in [1.165, 1.54) is 18.5 Å². The van der Waals surface area contributed by atoms with Crippen molar-refractivity contribution in [2.24, 2.45) is 12.5 Å². The van der Waals surface area contributed by atoms with Crippen LogP contribution >= 0.6 is 0 Å². The molecule has 0 unspecified atom stereocenters. The summed E-state index contributed by atoms with van der Waals surface area (Å²) in [5, 5.41) is 14.4. The lowest BCUT2D eigenvalue weighted by atomic mass is 9.75. The van der Waals surface area contributed by atoms with Crippen molar-refractivity contribution < 1.29 is 31.8 Å². The Kier molecular flexibility index (Phi) is 9.08. The largest absolute Gasteiger partial charge is 0.481 e. The average molecular weight is 692 g/mol. The van der Waals surface area contributed by atoms with Gasteiger partial charge in [0.25, 0.3) is 0 Å². The summed E-state index contributed by atoms with van der Waals surface area (Å²) in [5.41, 5.74) is 1.01. The number of halogens is 2. The molecule has 2 N–H and O–H groups in total. The Bertz CT molecular complexity index is 2160. The standard InChI is InChI=1S/C36H39F2N5O5S/c1-35(2)14-6-15-36(3,23-8-5-7-22(19-23)9-10-28(44)45)34-41-33(43(4)42-34)27-20-24(11-16-39-27)48-32-26(13-18-49(46,47)21-35)25-12-17-40-31(25)29(37)30(32)38/h5,7-8,11-12,16-17,19-20,40H,6,9-10,13-15,18,21H2,1-4H3,(H,44,45)/t36-/m1/s1. The van der Waals surface area contributed by atoms with Crippen LogP contribution in [0.15, 0.2) is 54.9 Å². The van der Waals surface area contributed by atoms with Gasteiger partial charge in [-0.2, -0.15) is 9.49 Å². The van der Waals surface area contributed by atoms with Crippen molar-refractivity contribution in [3.05, 3.63) is 89.0 Å². The zero-order valence-corrected chi connectivity index (χ0v) is 28.7. The first-order valence-electron chi connectivity index (χ1n) is 16.2. The predicted octanol–water partition coefficient (Wildman–Crippen LogP) is 6.92. The fourth-order valence-corrected chi connectivity index (χ4v) is 8.80. The van der Waals surface area contributed by atoms with Gasteiger partial charge in [-0.05, 0) is 61.3 Å². The van der Waals surface area contributed by atoms with E-state index in [0.717, 1.165) is 11.1 Å². The molecule has 0 aliphatic carbocycles. The lowest BCUT2D eigenvalue weighted by molar-refractivity contribution is -0.136. The van der Waals surface area contributed by atoms with Gasteiger partial charge >= 0.3 is 5.97 Å². The van der Waals surface area contributed by atoms with E-state index in [9.17, 15) is 18.3 Å². The maximum atomic E-state index is 15.7. The van der Waals surface area contributed by atoms with Crippen molar-refractivity contribution in [1.82, 2.24) is 24.7 Å². The monoisotopic (exact) mass is 691 g/mol. The number of carbonyl (C=O) groups is 1. The number of carboxylic acids is 1. The average Bonchev–Trinajstić information content (AvgIpc) is 3.69. The number of pyridine rings is 1. The molecule has 1 aliphatic heterocycles. The number of benzene rings is 2. The van der Waals surface area contributed by atoms with Gasteiger partial charge in [0.2, 0.25) is 5.82 Å². The molecule has 0 amide bonds. The van der Waals surface area contributed by atoms with Crippen LogP contribution in [0.4, 0.5) is 8.78 Å². The molecule has 4 bridgehead atoms. The molecule has 5 aromatic rings. The Labute approximate surface area is 283 Å². The highest BCUT2D eigenvalue weighted by Gasteiger charge is 2.36. The van der Waals surface area contributed by atoms with Crippen LogP contribution < -0.4 is 4.74 Å². The Morgan fingerprint density at radius 1 is 1.10 bits per heavy atom. The van der Waals surface area contributed by atoms with Crippen LogP contribution in [-0.2, 0) is 39.9 Å². The molecule has 3 aromatic heterocycles. The summed E-state index contributed by atoms with van der Waals surface area (Å²) in [6, 6.07) is 12.4. The molecule has 2 aromatic carbocycles. The highest BCUT2D eigenvalue weighted by Crippen LogP contribution is 2.41. The molecule has 10 nitrogen and oxygen atoms in total. The predicted molar refractivity (Wildman–Crippen MR) is 181 cm³/mol. The van der Waals surface area contributed by atoms with Crippen molar-refractivity contribution in [2.75, 3.05) is 11.5 Å². The maximum absolute atomic E-state index is 15.7. The molecule has 6 rings (SSSR count). The third-order valence-corrected chi connectivity index (χ3v) is 11.4. The van der Waals surface area contributed by atoms with Crippen molar-refractivity contribution in [1.29, 1.82) is 0 Å². The van der Waals surface area contributed by atoms with Gasteiger partial charge < -0.3 is 14.8 Å². The number of H-pyrrole nitrogens is 1. The number of aliphatic carboxylic acids is 1. The lowest BCUT2D eigenvalue weighted by Crippen LogP contribution is -2.29. The molecular formula is C36H39F2N5O5S. The first-order valence-corrected chi connectivity index (χ1v) is 18.0. The normalized spacial score (nSPS) is 19.4. The zero-order valence-electron chi connectivity index (χ0n) is 27.9. The zero-order chi connectivity index (χ0) is 35.1. The van der Waals surface area contributed by atoms with Crippen molar-refractivity contribution in [3.63, 3.8) is 0 Å². The van der Waals surface area contributed by atoms with Crippen LogP contribution in [-0.4, -0.2) is 55.7 Å². The number of nitrogens with zero attached hydrogens (tertiary/aromatic N) is 4. The minimum Gasteiger partial charge on any atom is -0.481 e. The van der Waals surface area contributed by atoms with E-state index >= 15 is 8.78 Å². The van der Waals surface area contributed by atoms with Gasteiger partial charge in [0.05, 0.1) is 22.4 Å². The van der Waals surface area contributed by atoms with Crippen LogP contribution in [0.1, 0.15) is 69.0 Å². The quantitative estimate of drug-likeness (QED) is 0.207. The molecule has 0 fully saturated rings. The van der Waals surface area contributed by atoms with Crippen molar-refractivity contribution >= 4 is 26.7 Å². The van der Waals surface area contributed by atoms with Gasteiger partial charge in [-0.3, -0.25) is 9.78 Å². The Morgan fingerprint density at radius 2 is 1.90 bits per heavy atom. The number of hydrogen-bond donors (Lipinski definition) is 2. The van der Waals surface area contributed by atoms with Gasteiger partial charge in [0.1, 0.15) is 11.4 Å². The molecule has 258 valence electrons. The first-order chi connectivity index (χ1) is 23.2. The lowest BCUT2D eigenvalue weighted by Gasteiger charge is -2.30. The van der Waals surface area contributed by atoms with E-state index in [0.29, 0.717) is 48.4 Å². The fraction of sp³-hybridized carbons (Fsp3) is 0.389. The van der Waals surface area contributed by atoms with E-state index in [1.54, 1.807) is 23.9 Å². The number of aryl methyl sites for hydroxylation is 3. The molecule has 49 heavy (non-hydrogen) atoms. The molecule has 1 aliphatic rings. The first kappa shape index (κ1) is 34.2.